The quantitative estimate of drug-likeness (QED) is 0.222. The summed E-state index contributed by atoms with van der Waals surface area (Å²) < 4.78 is 8.10. The summed E-state index contributed by atoms with van der Waals surface area (Å²) >= 11 is 6.88. The average molecular weight is 534 g/mol. The number of hydrazine groups is 1. The molecular weight excluding hydrogens is 498 g/mol. The monoisotopic (exact) mass is 533 g/mol. The van der Waals surface area contributed by atoms with Crippen LogP contribution in [0.15, 0.2) is 60.4 Å². The fourth-order valence-electron chi connectivity index (χ4n) is 5.77. The molecule has 1 fully saturated rings. The molecule has 1 saturated heterocycles. The van der Waals surface area contributed by atoms with Crippen molar-refractivity contribution < 1.29 is 9.84 Å². The number of aliphatic hydroxyl groups is 1. The Kier molecular flexibility index (Phi) is 7.13. The van der Waals surface area contributed by atoms with Crippen LogP contribution in [-0.4, -0.2) is 39.9 Å². The second-order valence-corrected chi connectivity index (χ2v) is 11.2. The molecule has 0 amide bonds. The van der Waals surface area contributed by atoms with Crippen LogP contribution in [0.25, 0.3) is 27.6 Å². The minimum absolute atomic E-state index is 0.0660. The first kappa shape index (κ1) is 26.5. The Morgan fingerprint density at radius 2 is 1.87 bits per heavy atom. The van der Waals surface area contributed by atoms with Gasteiger partial charge < -0.3 is 25.2 Å². The van der Waals surface area contributed by atoms with Gasteiger partial charge in [0.2, 0.25) is 0 Å². The smallest absolute Gasteiger partial charge is 0.0960 e. The molecule has 38 heavy (non-hydrogen) atoms. The number of aromatic nitrogens is 2. The number of allylic oxidation sites excluding steroid dienone is 1. The van der Waals surface area contributed by atoms with E-state index in [1.807, 2.05) is 37.4 Å². The largest absolute Gasteiger partial charge is 0.401 e. The first-order valence-electron chi connectivity index (χ1n) is 13.0. The van der Waals surface area contributed by atoms with Gasteiger partial charge in [0.15, 0.2) is 0 Å². The van der Waals surface area contributed by atoms with Crippen molar-refractivity contribution in [2.24, 2.45) is 17.5 Å². The van der Waals surface area contributed by atoms with Gasteiger partial charge in [-0.2, -0.15) is 0 Å². The van der Waals surface area contributed by atoms with E-state index in [0.29, 0.717) is 30.5 Å². The van der Waals surface area contributed by atoms with Crippen LogP contribution in [0.1, 0.15) is 56.3 Å². The van der Waals surface area contributed by atoms with E-state index in [1.165, 1.54) is 5.01 Å². The highest BCUT2D eigenvalue weighted by Crippen LogP contribution is 2.43. The van der Waals surface area contributed by atoms with Crippen molar-refractivity contribution in [3.63, 3.8) is 0 Å². The fourth-order valence-corrected chi connectivity index (χ4v) is 6.02. The predicted molar refractivity (Wildman–Crippen MR) is 154 cm³/mol. The van der Waals surface area contributed by atoms with Gasteiger partial charge in [0.05, 0.1) is 33.9 Å². The van der Waals surface area contributed by atoms with E-state index in [4.69, 9.17) is 32.9 Å². The number of halogens is 1. The Hall–Kier alpha value is -3.10. The summed E-state index contributed by atoms with van der Waals surface area (Å²) in [5.41, 5.74) is 12.1. The summed E-state index contributed by atoms with van der Waals surface area (Å²) in [6.07, 6.45) is 3.64. The minimum Gasteiger partial charge on any atom is -0.401 e. The van der Waals surface area contributed by atoms with Crippen molar-refractivity contribution in [3.05, 3.63) is 82.1 Å². The summed E-state index contributed by atoms with van der Waals surface area (Å²) in [4.78, 5) is 4.94. The standard InChI is InChI=1S/C30H36ClN5O2/c1-18(32)28(35(4)33)20-15-26-27(34-17-20)23-10-9-21(30(2,3)37)16-25(23)36(26)29(19-11-13-38-14-12-19)22-7-5-6-8-24(22)31/h5-10,15-17,19,29,37H,11-14,32-33H2,1-4H3/b28-18-. The van der Waals surface area contributed by atoms with E-state index in [1.54, 1.807) is 20.9 Å². The van der Waals surface area contributed by atoms with E-state index in [2.05, 4.69) is 28.8 Å². The van der Waals surface area contributed by atoms with E-state index >= 15 is 0 Å². The average Bonchev–Trinajstić information content (AvgIpc) is 3.18. The molecule has 0 spiro atoms. The third-order valence-corrected chi connectivity index (χ3v) is 7.90. The third-order valence-electron chi connectivity index (χ3n) is 7.56. The van der Waals surface area contributed by atoms with E-state index in [-0.39, 0.29) is 6.04 Å². The topological polar surface area (TPSA) is 103 Å². The van der Waals surface area contributed by atoms with Crippen LogP contribution >= 0.6 is 11.6 Å². The molecule has 200 valence electrons. The molecule has 5 N–H and O–H groups in total. The molecule has 2 aromatic carbocycles. The molecule has 8 heteroatoms. The molecular formula is C30H36ClN5O2. The van der Waals surface area contributed by atoms with E-state index in [9.17, 15) is 5.11 Å². The predicted octanol–water partition coefficient (Wildman–Crippen LogP) is 5.54. The summed E-state index contributed by atoms with van der Waals surface area (Å²) in [6.45, 7) is 6.86. The Morgan fingerprint density at radius 3 is 2.50 bits per heavy atom. The van der Waals surface area contributed by atoms with Crippen molar-refractivity contribution in [3.8, 4) is 0 Å². The molecule has 2 aromatic heterocycles. The lowest BCUT2D eigenvalue weighted by Gasteiger charge is -2.33. The van der Waals surface area contributed by atoms with Gasteiger partial charge in [0.1, 0.15) is 0 Å². The number of hydrogen-bond acceptors (Lipinski definition) is 6. The second kappa shape index (κ2) is 10.2. The molecule has 5 rings (SSSR count). The SMILES string of the molecule is C/C(N)=C(\c1cnc2c3ccc(C(C)(C)O)cc3n(C(c3ccccc3Cl)C3CCOCC3)c2c1)N(C)N. The highest BCUT2D eigenvalue weighted by Gasteiger charge is 2.32. The molecule has 1 atom stereocenters. The molecule has 0 radical (unpaired) electrons. The lowest BCUT2D eigenvalue weighted by molar-refractivity contribution is 0.0552. The Morgan fingerprint density at radius 1 is 1.16 bits per heavy atom. The number of rotatable bonds is 6. The third kappa shape index (κ3) is 4.76. The van der Waals surface area contributed by atoms with Crippen LogP contribution < -0.4 is 11.6 Å². The maximum Gasteiger partial charge on any atom is 0.0960 e. The van der Waals surface area contributed by atoms with Crippen LogP contribution in [0, 0.1) is 5.92 Å². The fraction of sp³-hybridized carbons (Fsp3) is 0.367. The Labute approximate surface area is 228 Å². The van der Waals surface area contributed by atoms with Crippen LogP contribution in [-0.2, 0) is 10.3 Å². The van der Waals surface area contributed by atoms with Crippen molar-refractivity contribution in [1.82, 2.24) is 14.6 Å². The maximum atomic E-state index is 10.9. The molecule has 1 aliphatic heterocycles. The summed E-state index contributed by atoms with van der Waals surface area (Å²) in [6, 6.07) is 16.2. The number of benzene rings is 2. The Bertz CT molecular complexity index is 1510. The molecule has 0 bridgehead atoms. The number of nitrogens with two attached hydrogens (primary N) is 2. The van der Waals surface area contributed by atoms with Crippen molar-refractivity contribution >= 4 is 39.2 Å². The van der Waals surface area contributed by atoms with Crippen molar-refractivity contribution in [1.29, 1.82) is 0 Å². The lowest BCUT2D eigenvalue weighted by atomic mass is 9.86. The number of hydrogen-bond donors (Lipinski definition) is 3. The van der Waals surface area contributed by atoms with Gasteiger partial charge in [-0.3, -0.25) is 4.98 Å². The summed E-state index contributed by atoms with van der Waals surface area (Å²) in [5.74, 6) is 6.48. The number of ether oxygens (including phenoxy) is 1. The van der Waals surface area contributed by atoms with Crippen LogP contribution in [0.4, 0.5) is 0 Å². The van der Waals surface area contributed by atoms with Gasteiger partial charge in [-0.25, -0.2) is 5.84 Å². The lowest BCUT2D eigenvalue weighted by Crippen LogP contribution is -2.28. The normalized spacial score (nSPS) is 16.6. The van der Waals surface area contributed by atoms with Crippen LogP contribution in [0.2, 0.25) is 5.02 Å². The summed E-state index contributed by atoms with van der Waals surface area (Å²) in [7, 11) is 1.77. The molecule has 7 nitrogen and oxygen atoms in total. The van der Waals surface area contributed by atoms with Gasteiger partial charge in [-0.1, -0.05) is 41.9 Å². The molecule has 1 aliphatic rings. The van der Waals surface area contributed by atoms with Crippen molar-refractivity contribution in [2.75, 3.05) is 20.3 Å². The zero-order chi connectivity index (χ0) is 27.2. The first-order chi connectivity index (χ1) is 18.1. The molecule has 0 aliphatic carbocycles. The first-order valence-corrected chi connectivity index (χ1v) is 13.4. The zero-order valence-corrected chi connectivity index (χ0v) is 23.2. The molecule has 3 heterocycles. The zero-order valence-electron chi connectivity index (χ0n) is 22.4. The number of pyridine rings is 1. The molecule has 0 saturated carbocycles. The molecule has 4 aromatic rings. The van der Waals surface area contributed by atoms with Gasteiger partial charge in [0.25, 0.3) is 0 Å². The van der Waals surface area contributed by atoms with Gasteiger partial charge in [-0.15, -0.1) is 0 Å². The molecule has 1 unspecified atom stereocenters. The highest BCUT2D eigenvalue weighted by atomic mass is 35.5. The van der Waals surface area contributed by atoms with E-state index < -0.39 is 5.60 Å². The van der Waals surface area contributed by atoms with Gasteiger partial charge in [-0.05, 0) is 68.9 Å². The highest BCUT2D eigenvalue weighted by molar-refractivity contribution is 6.31. The number of fused-ring (bicyclic) bond motifs is 3. The van der Waals surface area contributed by atoms with Gasteiger partial charge >= 0.3 is 0 Å². The van der Waals surface area contributed by atoms with Crippen LogP contribution in [0.5, 0.6) is 0 Å². The minimum atomic E-state index is -0.999. The number of nitrogens with zero attached hydrogens (tertiary/aromatic N) is 3. The Balaban J connectivity index is 1.89. The summed E-state index contributed by atoms with van der Waals surface area (Å²) in [5, 5.41) is 14.2. The maximum absolute atomic E-state index is 10.9. The van der Waals surface area contributed by atoms with E-state index in [0.717, 1.165) is 56.5 Å². The van der Waals surface area contributed by atoms with Gasteiger partial charge in [0, 0.05) is 48.1 Å². The van der Waals surface area contributed by atoms with Crippen molar-refractivity contribution in [2.45, 2.75) is 45.3 Å². The van der Waals surface area contributed by atoms with Crippen LogP contribution in [0.3, 0.4) is 0 Å². The second-order valence-electron chi connectivity index (χ2n) is 10.8.